The number of hydrogen-bond acceptors (Lipinski definition) is 4. The summed E-state index contributed by atoms with van der Waals surface area (Å²) in [5, 5.41) is 1.03. The lowest BCUT2D eigenvalue weighted by Gasteiger charge is -2.18. The Morgan fingerprint density at radius 1 is 1.05 bits per heavy atom. The van der Waals surface area contributed by atoms with Crippen molar-refractivity contribution in [3.63, 3.8) is 0 Å². The molecule has 1 aliphatic rings. The molecule has 0 saturated carbocycles. The average Bonchev–Trinajstić information content (AvgIpc) is 2.53. The van der Waals surface area contributed by atoms with Crippen LogP contribution in [0.25, 0.3) is 0 Å². The topological polar surface area (TPSA) is 30.8 Å². The van der Waals surface area contributed by atoms with E-state index in [1.807, 2.05) is 24.3 Å². The zero-order chi connectivity index (χ0) is 14.8. The number of nitrogens with zero attached hydrogens (tertiary/aromatic N) is 1. The Kier molecular flexibility index (Phi) is 4.22. The number of hydrogen-bond donors (Lipinski definition) is 0. The van der Waals surface area contributed by atoms with E-state index in [2.05, 4.69) is 33.1 Å². The van der Waals surface area contributed by atoms with Gasteiger partial charge < -0.3 is 9.47 Å². The van der Waals surface area contributed by atoms with Crippen molar-refractivity contribution in [1.29, 1.82) is 0 Å². The van der Waals surface area contributed by atoms with Crippen molar-refractivity contribution in [2.45, 2.75) is 11.4 Å². The van der Waals surface area contributed by atoms with Crippen LogP contribution in [0.15, 0.2) is 50.8 Å². The molecule has 5 heteroatoms. The maximum atomic E-state index is 5.37. The van der Waals surface area contributed by atoms with Crippen LogP contribution in [0.3, 0.4) is 0 Å². The van der Waals surface area contributed by atoms with Gasteiger partial charge in [0.1, 0.15) is 5.04 Å². The Morgan fingerprint density at radius 2 is 1.71 bits per heavy atom. The van der Waals surface area contributed by atoms with Crippen LogP contribution in [0.4, 0.5) is 0 Å². The third-order valence-electron chi connectivity index (χ3n) is 3.26. The summed E-state index contributed by atoms with van der Waals surface area (Å²) in [4.78, 5) is 5.84. The molecule has 3 rings (SSSR count). The van der Waals surface area contributed by atoms with Crippen LogP contribution in [-0.4, -0.2) is 19.3 Å². The molecule has 0 saturated heterocycles. The van der Waals surface area contributed by atoms with Crippen molar-refractivity contribution in [3.8, 4) is 11.5 Å². The van der Waals surface area contributed by atoms with E-state index >= 15 is 0 Å². The first-order valence-corrected chi connectivity index (χ1v) is 8.05. The van der Waals surface area contributed by atoms with Crippen LogP contribution in [0.2, 0.25) is 0 Å². The fraction of sp³-hybridized carbons (Fsp3) is 0.188. The van der Waals surface area contributed by atoms with Gasteiger partial charge in [-0.25, -0.2) is 0 Å². The number of ether oxygens (including phenoxy) is 2. The maximum Gasteiger partial charge on any atom is 0.161 e. The summed E-state index contributed by atoms with van der Waals surface area (Å²) >= 11 is 5.12. The number of methoxy groups -OCH3 is 2. The van der Waals surface area contributed by atoms with Crippen molar-refractivity contribution in [1.82, 2.24) is 0 Å². The lowest BCUT2D eigenvalue weighted by Crippen LogP contribution is -2.04. The summed E-state index contributed by atoms with van der Waals surface area (Å²) in [6.45, 7) is 0.661. The zero-order valence-electron chi connectivity index (χ0n) is 11.7. The molecule has 3 nitrogen and oxygen atoms in total. The van der Waals surface area contributed by atoms with Crippen molar-refractivity contribution < 1.29 is 9.47 Å². The summed E-state index contributed by atoms with van der Waals surface area (Å²) in [5.74, 6) is 1.50. The Bertz CT molecular complexity index is 698. The smallest absolute Gasteiger partial charge is 0.161 e. The van der Waals surface area contributed by atoms with E-state index in [1.54, 1.807) is 26.0 Å². The molecule has 0 amide bonds. The van der Waals surface area contributed by atoms with E-state index in [9.17, 15) is 0 Å². The summed E-state index contributed by atoms with van der Waals surface area (Å²) in [5.41, 5.74) is 2.29. The van der Waals surface area contributed by atoms with E-state index in [4.69, 9.17) is 9.47 Å². The van der Waals surface area contributed by atoms with Gasteiger partial charge in [0.15, 0.2) is 11.5 Å². The van der Waals surface area contributed by atoms with Gasteiger partial charge in [0.25, 0.3) is 0 Å². The molecule has 1 heterocycles. The van der Waals surface area contributed by atoms with Gasteiger partial charge in [-0.05, 0) is 29.8 Å². The Balaban J connectivity index is 1.93. The van der Waals surface area contributed by atoms with E-state index in [-0.39, 0.29) is 0 Å². The maximum absolute atomic E-state index is 5.37. The van der Waals surface area contributed by atoms with Gasteiger partial charge in [-0.2, -0.15) is 0 Å². The lowest BCUT2D eigenvalue weighted by molar-refractivity contribution is 0.353. The molecule has 0 spiro atoms. The van der Waals surface area contributed by atoms with E-state index in [1.165, 1.54) is 10.5 Å². The number of benzene rings is 2. The molecule has 2 aromatic rings. The average molecular weight is 364 g/mol. The molecule has 0 atom stereocenters. The molecule has 0 fully saturated rings. The van der Waals surface area contributed by atoms with E-state index in [0.717, 1.165) is 26.6 Å². The number of rotatable bonds is 3. The molecule has 108 valence electrons. The fourth-order valence-electron chi connectivity index (χ4n) is 2.16. The van der Waals surface area contributed by atoms with E-state index in [0.29, 0.717) is 6.54 Å². The first-order valence-electron chi connectivity index (χ1n) is 6.44. The normalized spacial score (nSPS) is 13.4. The van der Waals surface area contributed by atoms with Gasteiger partial charge in [0.05, 0.1) is 20.8 Å². The van der Waals surface area contributed by atoms with Crippen LogP contribution < -0.4 is 9.47 Å². The second-order valence-corrected chi connectivity index (χ2v) is 6.49. The highest BCUT2D eigenvalue weighted by atomic mass is 79.9. The van der Waals surface area contributed by atoms with Gasteiger partial charge in [0.2, 0.25) is 0 Å². The minimum Gasteiger partial charge on any atom is -0.493 e. The van der Waals surface area contributed by atoms with Crippen molar-refractivity contribution in [3.05, 3.63) is 52.0 Å². The molecule has 0 N–H and O–H groups in total. The molecule has 1 aliphatic heterocycles. The standard InChI is InChI=1S/C16H14BrNO2S/c1-19-13-7-11-9-18-16(10-3-5-12(17)6-4-10)21-15(11)8-14(13)20-2/h3-8H,9H2,1-2H3. The van der Waals surface area contributed by atoms with Crippen LogP contribution in [-0.2, 0) is 6.54 Å². The van der Waals surface area contributed by atoms with Crippen LogP contribution in [0, 0.1) is 0 Å². The van der Waals surface area contributed by atoms with Gasteiger partial charge in [-0.3, -0.25) is 4.99 Å². The first kappa shape index (κ1) is 14.5. The van der Waals surface area contributed by atoms with Crippen LogP contribution in [0.1, 0.15) is 11.1 Å². The Morgan fingerprint density at radius 3 is 2.38 bits per heavy atom. The summed E-state index contributed by atoms with van der Waals surface area (Å²) in [6, 6.07) is 12.2. The summed E-state index contributed by atoms with van der Waals surface area (Å²) in [6.07, 6.45) is 0. The van der Waals surface area contributed by atoms with Gasteiger partial charge in [0, 0.05) is 14.9 Å². The highest BCUT2D eigenvalue weighted by Gasteiger charge is 2.18. The molecule has 2 aromatic carbocycles. The third kappa shape index (κ3) is 2.94. The zero-order valence-corrected chi connectivity index (χ0v) is 14.1. The molecular formula is C16H14BrNO2S. The quantitative estimate of drug-likeness (QED) is 0.803. The predicted molar refractivity (Wildman–Crippen MR) is 89.8 cm³/mol. The monoisotopic (exact) mass is 363 g/mol. The summed E-state index contributed by atoms with van der Waals surface area (Å²) < 4.78 is 11.8. The summed E-state index contributed by atoms with van der Waals surface area (Å²) in [7, 11) is 3.30. The lowest BCUT2D eigenvalue weighted by atomic mass is 10.2. The van der Waals surface area contributed by atoms with Gasteiger partial charge in [-0.1, -0.05) is 39.8 Å². The predicted octanol–water partition coefficient (Wildman–Crippen LogP) is 4.52. The van der Waals surface area contributed by atoms with Crippen molar-refractivity contribution >= 4 is 32.7 Å². The first-order chi connectivity index (χ1) is 10.2. The number of halogens is 1. The number of aliphatic imine (C=N–C) groups is 1. The Hall–Kier alpha value is -1.46. The molecule has 0 aliphatic carbocycles. The van der Waals surface area contributed by atoms with Crippen LogP contribution >= 0.6 is 27.7 Å². The molecule has 0 radical (unpaired) electrons. The van der Waals surface area contributed by atoms with Gasteiger partial charge >= 0.3 is 0 Å². The fourth-order valence-corrected chi connectivity index (χ4v) is 3.43. The third-order valence-corrected chi connectivity index (χ3v) is 4.94. The van der Waals surface area contributed by atoms with Crippen LogP contribution in [0.5, 0.6) is 11.5 Å². The Labute approximate surface area is 136 Å². The number of fused-ring (bicyclic) bond motifs is 1. The van der Waals surface area contributed by atoms with Crippen molar-refractivity contribution in [2.24, 2.45) is 4.99 Å². The minimum absolute atomic E-state index is 0.661. The van der Waals surface area contributed by atoms with Crippen molar-refractivity contribution in [2.75, 3.05) is 14.2 Å². The number of thioether (sulfide) groups is 1. The second kappa shape index (κ2) is 6.12. The highest BCUT2D eigenvalue weighted by Crippen LogP contribution is 2.39. The molecule has 0 aromatic heterocycles. The molecule has 0 unspecified atom stereocenters. The minimum atomic E-state index is 0.661. The molecular weight excluding hydrogens is 350 g/mol. The second-order valence-electron chi connectivity index (χ2n) is 4.55. The largest absolute Gasteiger partial charge is 0.493 e. The van der Waals surface area contributed by atoms with E-state index < -0.39 is 0 Å². The molecule has 21 heavy (non-hydrogen) atoms. The SMILES string of the molecule is COc1cc2c(cc1OC)SC(c1ccc(Br)cc1)=NC2. The van der Waals surface area contributed by atoms with Gasteiger partial charge in [-0.15, -0.1) is 0 Å². The highest BCUT2D eigenvalue weighted by molar-refractivity contribution is 9.10. The molecule has 0 bridgehead atoms.